The first-order valence-corrected chi connectivity index (χ1v) is 9.63. The maximum atomic E-state index is 12.5. The largest absolute Gasteiger partial charge is 0.484 e. The van der Waals surface area contributed by atoms with E-state index in [1.165, 1.54) is 0 Å². The Morgan fingerprint density at radius 3 is 2.35 bits per heavy atom. The van der Waals surface area contributed by atoms with E-state index in [-0.39, 0.29) is 36.4 Å². The minimum Gasteiger partial charge on any atom is -0.484 e. The SMILES string of the molecule is NC1CCC(NC(=O)C2CCN(C(=O)COc3ccccc3)CC2)CC1. The van der Waals surface area contributed by atoms with Crippen molar-refractivity contribution in [2.24, 2.45) is 11.7 Å². The van der Waals surface area contributed by atoms with Gasteiger partial charge in [0.05, 0.1) is 0 Å². The molecule has 1 saturated carbocycles. The monoisotopic (exact) mass is 359 g/mol. The number of nitrogens with zero attached hydrogens (tertiary/aromatic N) is 1. The van der Waals surface area contributed by atoms with Crippen LogP contribution in [0.4, 0.5) is 0 Å². The highest BCUT2D eigenvalue weighted by molar-refractivity contribution is 5.80. The molecule has 2 fully saturated rings. The summed E-state index contributed by atoms with van der Waals surface area (Å²) in [5, 5.41) is 3.18. The number of rotatable bonds is 5. The molecule has 0 bridgehead atoms. The van der Waals surface area contributed by atoms with E-state index in [1.54, 1.807) is 4.90 Å². The van der Waals surface area contributed by atoms with Crippen molar-refractivity contribution in [1.29, 1.82) is 0 Å². The lowest BCUT2D eigenvalue weighted by atomic mass is 9.90. The summed E-state index contributed by atoms with van der Waals surface area (Å²) in [6.45, 7) is 1.28. The number of benzene rings is 1. The molecule has 2 amide bonds. The second-order valence-corrected chi connectivity index (χ2v) is 7.38. The van der Waals surface area contributed by atoms with Gasteiger partial charge in [-0.25, -0.2) is 0 Å². The molecule has 0 atom stereocenters. The van der Waals surface area contributed by atoms with Crippen LogP contribution in [-0.2, 0) is 9.59 Å². The van der Waals surface area contributed by atoms with E-state index in [1.807, 2.05) is 30.3 Å². The molecule has 3 rings (SSSR count). The van der Waals surface area contributed by atoms with Gasteiger partial charge in [-0.2, -0.15) is 0 Å². The van der Waals surface area contributed by atoms with Crippen LogP contribution in [0.3, 0.4) is 0 Å². The first-order chi connectivity index (χ1) is 12.6. The molecule has 6 nitrogen and oxygen atoms in total. The summed E-state index contributed by atoms with van der Waals surface area (Å²) in [6, 6.07) is 9.89. The zero-order valence-corrected chi connectivity index (χ0v) is 15.2. The molecule has 1 heterocycles. The van der Waals surface area contributed by atoms with Crippen LogP contribution in [0.5, 0.6) is 5.75 Å². The second-order valence-electron chi connectivity index (χ2n) is 7.38. The van der Waals surface area contributed by atoms with Crippen molar-refractivity contribution in [3.63, 3.8) is 0 Å². The summed E-state index contributed by atoms with van der Waals surface area (Å²) in [6.07, 6.45) is 5.35. The molecule has 6 heteroatoms. The average Bonchev–Trinajstić information content (AvgIpc) is 2.69. The molecule has 3 N–H and O–H groups in total. The van der Waals surface area contributed by atoms with Gasteiger partial charge in [-0.1, -0.05) is 18.2 Å². The number of hydrogen-bond acceptors (Lipinski definition) is 4. The molecule has 1 aliphatic carbocycles. The number of carbonyl (C=O) groups is 2. The second kappa shape index (κ2) is 9.03. The smallest absolute Gasteiger partial charge is 0.260 e. The highest BCUT2D eigenvalue weighted by atomic mass is 16.5. The van der Waals surface area contributed by atoms with Crippen molar-refractivity contribution in [2.45, 2.75) is 50.6 Å². The van der Waals surface area contributed by atoms with Crippen LogP contribution in [0.25, 0.3) is 0 Å². The lowest BCUT2D eigenvalue weighted by Gasteiger charge is -2.33. The summed E-state index contributed by atoms with van der Waals surface area (Å²) in [7, 11) is 0. The zero-order chi connectivity index (χ0) is 18.4. The molecule has 1 aromatic carbocycles. The van der Waals surface area contributed by atoms with E-state index in [2.05, 4.69) is 5.32 Å². The minimum atomic E-state index is -0.0195. The number of ether oxygens (including phenoxy) is 1. The average molecular weight is 359 g/mol. The molecule has 1 aliphatic heterocycles. The Bertz CT molecular complexity index is 592. The van der Waals surface area contributed by atoms with Gasteiger partial charge in [0.15, 0.2) is 6.61 Å². The van der Waals surface area contributed by atoms with Crippen molar-refractivity contribution in [3.05, 3.63) is 30.3 Å². The fraction of sp³-hybridized carbons (Fsp3) is 0.600. The molecule has 0 aromatic heterocycles. The van der Waals surface area contributed by atoms with Gasteiger partial charge in [-0.05, 0) is 50.7 Å². The van der Waals surface area contributed by atoms with Crippen LogP contribution in [0.2, 0.25) is 0 Å². The van der Waals surface area contributed by atoms with Crippen molar-refractivity contribution < 1.29 is 14.3 Å². The fourth-order valence-corrected chi connectivity index (χ4v) is 3.73. The topological polar surface area (TPSA) is 84.7 Å². The van der Waals surface area contributed by atoms with Crippen LogP contribution in [-0.4, -0.2) is 48.5 Å². The predicted molar refractivity (Wildman–Crippen MR) is 99.6 cm³/mol. The third kappa shape index (κ3) is 5.21. The Morgan fingerprint density at radius 1 is 1.04 bits per heavy atom. The summed E-state index contributed by atoms with van der Waals surface area (Å²) >= 11 is 0. The summed E-state index contributed by atoms with van der Waals surface area (Å²) < 4.78 is 5.52. The third-order valence-electron chi connectivity index (χ3n) is 5.44. The Hall–Kier alpha value is -2.08. The van der Waals surface area contributed by atoms with E-state index < -0.39 is 0 Å². The first kappa shape index (κ1) is 18.7. The highest BCUT2D eigenvalue weighted by Crippen LogP contribution is 2.21. The van der Waals surface area contributed by atoms with Gasteiger partial charge in [0.2, 0.25) is 5.91 Å². The maximum Gasteiger partial charge on any atom is 0.260 e. The van der Waals surface area contributed by atoms with Crippen LogP contribution >= 0.6 is 0 Å². The molecule has 0 unspecified atom stereocenters. The normalized spacial score (nSPS) is 24.1. The quantitative estimate of drug-likeness (QED) is 0.838. The molecule has 1 saturated heterocycles. The number of nitrogens with two attached hydrogens (primary N) is 1. The predicted octanol–water partition coefficient (Wildman–Crippen LogP) is 1.69. The molecule has 0 spiro atoms. The molecular formula is C20H29N3O3. The number of carbonyl (C=O) groups excluding carboxylic acids is 2. The third-order valence-corrected chi connectivity index (χ3v) is 5.44. The Balaban J connectivity index is 1.38. The van der Waals surface area contributed by atoms with Gasteiger partial charge >= 0.3 is 0 Å². The number of para-hydroxylation sites is 1. The Kier molecular flexibility index (Phi) is 6.50. The van der Waals surface area contributed by atoms with Gasteiger partial charge in [0, 0.05) is 31.1 Å². The summed E-state index contributed by atoms with van der Waals surface area (Å²) in [5.74, 6) is 0.819. The molecular weight excluding hydrogens is 330 g/mol. The van der Waals surface area contributed by atoms with Crippen LogP contribution in [0.15, 0.2) is 30.3 Å². The van der Waals surface area contributed by atoms with E-state index in [4.69, 9.17) is 10.5 Å². The van der Waals surface area contributed by atoms with Crippen LogP contribution in [0.1, 0.15) is 38.5 Å². The lowest BCUT2D eigenvalue weighted by Crippen LogP contribution is -2.47. The van der Waals surface area contributed by atoms with Gasteiger partial charge in [0.1, 0.15) is 5.75 Å². The molecule has 26 heavy (non-hydrogen) atoms. The van der Waals surface area contributed by atoms with E-state index in [0.717, 1.165) is 38.5 Å². The zero-order valence-electron chi connectivity index (χ0n) is 15.2. The standard InChI is InChI=1S/C20H29N3O3/c21-16-6-8-17(9-7-16)22-20(25)15-10-12-23(13-11-15)19(24)14-26-18-4-2-1-3-5-18/h1-5,15-17H,6-14,21H2,(H,22,25). The molecule has 0 radical (unpaired) electrons. The number of piperidine rings is 1. The van der Waals surface area contributed by atoms with Crippen LogP contribution in [0, 0.1) is 5.92 Å². The van der Waals surface area contributed by atoms with Crippen molar-refractivity contribution in [1.82, 2.24) is 10.2 Å². The summed E-state index contributed by atoms with van der Waals surface area (Å²) in [4.78, 5) is 26.5. The number of hydrogen-bond donors (Lipinski definition) is 2. The van der Waals surface area contributed by atoms with Crippen molar-refractivity contribution in [2.75, 3.05) is 19.7 Å². The summed E-state index contributed by atoms with van der Waals surface area (Å²) in [5.41, 5.74) is 5.92. The van der Waals surface area contributed by atoms with Gasteiger partial charge < -0.3 is 20.7 Å². The Labute approximate surface area is 155 Å². The first-order valence-electron chi connectivity index (χ1n) is 9.63. The van der Waals surface area contributed by atoms with Crippen LogP contribution < -0.4 is 15.8 Å². The Morgan fingerprint density at radius 2 is 1.69 bits per heavy atom. The lowest BCUT2D eigenvalue weighted by molar-refractivity contribution is -0.137. The number of amides is 2. The van der Waals surface area contributed by atoms with Crippen molar-refractivity contribution >= 4 is 11.8 Å². The van der Waals surface area contributed by atoms with E-state index in [9.17, 15) is 9.59 Å². The maximum absolute atomic E-state index is 12.5. The number of likely N-dealkylation sites (tertiary alicyclic amines) is 1. The van der Waals surface area contributed by atoms with E-state index in [0.29, 0.717) is 18.8 Å². The van der Waals surface area contributed by atoms with Gasteiger partial charge in [-0.3, -0.25) is 9.59 Å². The van der Waals surface area contributed by atoms with Gasteiger partial charge in [0.25, 0.3) is 5.91 Å². The highest BCUT2D eigenvalue weighted by Gasteiger charge is 2.29. The van der Waals surface area contributed by atoms with Crippen molar-refractivity contribution in [3.8, 4) is 5.75 Å². The molecule has 2 aliphatic rings. The fourth-order valence-electron chi connectivity index (χ4n) is 3.73. The molecule has 1 aromatic rings. The minimum absolute atomic E-state index is 0.00434. The molecule has 142 valence electrons. The van der Waals surface area contributed by atoms with Gasteiger partial charge in [-0.15, -0.1) is 0 Å². The van der Waals surface area contributed by atoms with E-state index >= 15 is 0 Å². The number of nitrogens with one attached hydrogen (secondary N) is 1.